The number of benzene rings is 1. The Morgan fingerprint density at radius 1 is 1.32 bits per heavy atom. The summed E-state index contributed by atoms with van der Waals surface area (Å²) < 4.78 is 13.5. The highest BCUT2D eigenvalue weighted by Crippen LogP contribution is 2.25. The van der Waals surface area contributed by atoms with Crippen LogP contribution in [-0.2, 0) is 0 Å². The fourth-order valence-electron chi connectivity index (χ4n) is 2.68. The molecule has 1 amide bonds. The zero-order valence-electron chi connectivity index (χ0n) is 11.1. The second-order valence-electron chi connectivity index (χ2n) is 5.29. The fourth-order valence-corrected chi connectivity index (χ4v) is 2.68. The lowest BCUT2D eigenvalue weighted by atomic mass is 9.87. The topological polar surface area (TPSA) is 55.1 Å². The molecular weight excluding hydrogens is 243 g/mol. The first-order chi connectivity index (χ1) is 9.16. The quantitative estimate of drug-likeness (QED) is 0.821. The van der Waals surface area contributed by atoms with Crippen molar-refractivity contribution in [2.45, 2.75) is 38.5 Å². The highest BCUT2D eigenvalue weighted by Gasteiger charge is 2.15. The van der Waals surface area contributed by atoms with Gasteiger partial charge in [0.2, 0.25) is 0 Å². The van der Waals surface area contributed by atoms with Gasteiger partial charge in [0, 0.05) is 12.2 Å². The molecule has 1 aliphatic carbocycles. The Labute approximate surface area is 113 Å². The van der Waals surface area contributed by atoms with Gasteiger partial charge in [-0.1, -0.05) is 32.1 Å². The van der Waals surface area contributed by atoms with E-state index in [1.165, 1.54) is 44.2 Å². The molecule has 19 heavy (non-hydrogen) atoms. The Morgan fingerprint density at radius 3 is 2.74 bits per heavy atom. The van der Waals surface area contributed by atoms with Crippen molar-refractivity contribution in [1.29, 1.82) is 0 Å². The Hall–Kier alpha value is -1.58. The van der Waals surface area contributed by atoms with Crippen LogP contribution in [0.5, 0.6) is 0 Å². The van der Waals surface area contributed by atoms with Crippen LogP contribution in [0.2, 0.25) is 0 Å². The Kier molecular flexibility index (Phi) is 4.77. The molecule has 2 rings (SSSR count). The summed E-state index contributed by atoms with van der Waals surface area (Å²) in [4.78, 5) is 11.8. The number of amides is 1. The average Bonchev–Trinajstić information content (AvgIpc) is 2.39. The van der Waals surface area contributed by atoms with Crippen molar-refractivity contribution in [3.63, 3.8) is 0 Å². The smallest absolute Gasteiger partial charge is 0.254 e. The number of carbonyl (C=O) groups excluding carboxylic acids is 1. The van der Waals surface area contributed by atoms with E-state index in [0.717, 1.165) is 6.42 Å². The minimum Gasteiger partial charge on any atom is -0.399 e. The van der Waals surface area contributed by atoms with Crippen LogP contribution < -0.4 is 11.1 Å². The summed E-state index contributed by atoms with van der Waals surface area (Å²) in [7, 11) is 0. The van der Waals surface area contributed by atoms with Crippen LogP contribution in [0.3, 0.4) is 0 Å². The molecule has 0 radical (unpaired) electrons. The van der Waals surface area contributed by atoms with Gasteiger partial charge in [-0.05, 0) is 30.5 Å². The van der Waals surface area contributed by atoms with Crippen LogP contribution in [0, 0.1) is 11.7 Å². The Balaban J connectivity index is 1.80. The Bertz CT molecular complexity index is 442. The first-order valence-corrected chi connectivity index (χ1v) is 7.00. The molecule has 3 N–H and O–H groups in total. The maximum Gasteiger partial charge on any atom is 0.254 e. The first kappa shape index (κ1) is 13.8. The van der Waals surface area contributed by atoms with Crippen molar-refractivity contribution in [3.05, 3.63) is 29.6 Å². The summed E-state index contributed by atoms with van der Waals surface area (Å²) in [6, 6.07) is 4.15. The standard InChI is InChI=1S/C15H21FN2O/c16-14-10-12(17)6-7-13(14)15(19)18-9-8-11-4-2-1-3-5-11/h6-7,10-11H,1-5,8-9,17H2,(H,18,19). The zero-order valence-corrected chi connectivity index (χ0v) is 11.1. The lowest BCUT2D eigenvalue weighted by molar-refractivity contribution is 0.0946. The normalized spacial score (nSPS) is 16.3. The molecule has 0 saturated heterocycles. The predicted molar refractivity (Wildman–Crippen MR) is 74.3 cm³/mol. The van der Waals surface area contributed by atoms with Crippen molar-refractivity contribution < 1.29 is 9.18 Å². The number of halogens is 1. The molecule has 104 valence electrons. The lowest BCUT2D eigenvalue weighted by Crippen LogP contribution is -2.27. The van der Waals surface area contributed by atoms with Gasteiger partial charge in [0.1, 0.15) is 5.82 Å². The molecule has 4 heteroatoms. The van der Waals surface area contributed by atoms with E-state index < -0.39 is 5.82 Å². The maximum atomic E-state index is 13.5. The van der Waals surface area contributed by atoms with Gasteiger partial charge in [0.25, 0.3) is 5.91 Å². The molecule has 1 aromatic rings. The number of anilines is 1. The molecule has 3 nitrogen and oxygen atoms in total. The molecule has 1 aromatic carbocycles. The van der Waals surface area contributed by atoms with Gasteiger partial charge in [0.05, 0.1) is 5.56 Å². The first-order valence-electron chi connectivity index (χ1n) is 7.00. The van der Waals surface area contributed by atoms with Crippen molar-refractivity contribution >= 4 is 11.6 Å². The van der Waals surface area contributed by atoms with Gasteiger partial charge in [-0.3, -0.25) is 4.79 Å². The van der Waals surface area contributed by atoms with E-state index in [9.17, 15) is 9.18 Å². The minimum absolute atomic E-state index is 0.0674. The van der Waals surface area contributed by atoms with Gasteiger partial charge in [-0.15, -0.1) is 0 Å². The molecule has 0 heterocycles. The van der Waals surface area contributed by atoms with Gasteiger partial charge in [-0.2, -0.15) is 0 Å². The van der Waals surface area contributed by atoms with Crippen LogP contribution in [0.15, 0.2) is 18.2 Å². The van der Waals surface area contributed by atoms with E-state index in [1.807, 2.05) is 0 Å². The number of hydrogen-bond donors (Lipinski definition) is 2. The van der Waals surface area contributed by atoms with E-state index in [1.54, 1.807) is 6.07 Å². The molecule has 0 bridgehead atoms. The molecule has 1 saturated carbocycles. The molecule has 0 aromatic heterocycles. The largest absolute Gasteiger partial charge is 0.399 e. The summed E-state index contributed by atoms with van der Waals surface area (Å²) in [5.41, 5.74) is 5.85. The van der Waals surface area contributed by atoms with Gasteiger partial charge in [0.15, 0.2) is 0 Å². The third kappa shape index (κ3) is 3.94. The average molecular weight is 264 g/mol. The van der Waals surface area contributed by atoms with E-state index in [0.29, 0.717) is 18.2 Å². The van der Waals surface area contributed by atoms with Crippen molar-refractivity contribution in [3.8, 4) is 0 Å². The van der Waals surface area contributed by atoms with E-state index in [-0.39, 0.29) is 11.5 Å². The molecular formula is C15H21FN2O. The monoisotopic (exact) mass is 264 g/mol. The molecule has 1 aliphatic rings. The van der Waals surface area contributed by atoms with Crippen LogP contribution in [0.25, 0.3) is 0 Å². The predicted octanol–water partition coefficient (Wildman–Crippen LogP) is 3.11. The van der Waals surface area contributed by atoms with Crippen molar-refractivity contribution in [2.75, 3.05) is 12.3 Å². The molecule has 0 aliphatic heterocycles. The highest BCUT2D eigenvalue weighted by molar-refractivity contribution is 5.94. The second kappa shape index (κ2) is 6.55. The van der Waals surface area contributed by atoms with Gasteiger partial charge >= 0.3 is 0 Å². The van der Waals surface area contributed by atoms with Crippen molar-refractivity contribution in [2.24, 2.45) is 5.92 Å². The number of hydrogen-bond acceptors (Lipinski definition) is 2. The summed E-state index contributed by atoms with van der Waals surface area (Å²) in [5, 5.41) is 2.79. The maximum absolute atomic E-state index is 13.5. The number of nitrogens with two attached hydrogens (primary N) is 1. The SMILES string of the molecule is Nc1ccc(C(=O)NCCC2CCCCC2)c(F)c1. The van der Waals surface area contributed by atoms with Crippen LogP contribution in [-0.4, -0.2) is 12.5 Å². The molecule has 1 fully saturated rings. The van der Waals surface area contributed by atoms with E-state index >= 15 is 0 Å². The summed E-state index contributed by atoms with van der Waals surface area (Å²) in [5.74, 6) is -0.200. The summed E-state index contributed by atoms with van der Waals surface area (Å²) in [6.07, 6.45) is 7.43. The zero-order chi connectivity index (χ0) is 13.7. The third-order valence-corrected chi connectivity index (χ3v) is 3.80. The van der Waals surface area contributed by atoms with Crippen molar-refractivity contribution in [1.82, 2.24) is 5.32 Å². The molecule has 0 unspecified atom stereocenters. The Morgan fingerprint density at radius 2 is 2.05 bits per heavy atom. The number of nitrogen functional groups attached to an aromatic ring is 1. The third-order valence-electron chi connectivity index (χ3n) is 3.80. The second-order valence-corrected chi connectivity index (χ2v) is 5.29. The fraction of sp³-hybridized carbons (Fsp3) is 0.533. The number of nitrogens with one attached hydrogen (secondary N) is 1. The number of carbonyl (C=O) groups is 1. The molecule has 0 atom stereocenters. The van der Waals surface area contributed by atoms with Crippen LogP contribution in [0.4, 0.5) is 10.1 Å². The summed E-state index contributed by atoms with van der Waals surface area (Å²) in [6.45, 7) is 0.618. The molecule has 0 spiro atoms. The van der Waals surface area contributed by atoms with Crippen LogP contribution in [0.1, 0.15) is 48.9 Å². The van der Waals surface area contributed by atoms with E-state index in [2.05, 4.69) is 5.32 Å². The van der Waals surface area contributed by atoms with Crippen LogP contribution >= 0.6 is 0 Å². The van der Waals surface area contributed by atoms with Gasteiger partial charge < -0.3 is 11.1 Å². The summed E-state index contributed by atoms with van der Waals surface area (Å²) >= 11 is 0. The lowest BCUT2D eigenvalue weighted by Gasteiger charge is -2.21. The minimum atomic E-state index is -0.560. The van der Waals surface area contributed by atoms with Gasteiger partial charge in [-0.25, -0.2) is 4.39 Å². The van der Waals surface area contributed by atoms with E-state index in [4.69, 9.17) is 5.73 Å². The highest BCUT2D eigenvalue weighted by atomic mass is 19.1. The number of rotatable bonds is 4.